The third-order valence-corrected chi connectivity index (χ3v) is 3.88. The van der Waals surface area contributed by atoms with Crippen LogP contribution in [0.4, 0.5) is 11.4 Å². The highest BCUT2D eigenvalue weighted by Crippen LogP contribution is 2.30. The van der Waals surface area contributed by atoms with Crippen LogP contribution in [0.5, 0.6) is 5.75 Å². The maximum Gasteiger partial charge on any atom is 0.243 e. The topological polar surface area (TPSA) is 70.2 Å². The van der Waals surface area contributed by atoms with Crippen LogP contribution in [0.3, 0.4) is 0 Å². The van der Waals surface area contributed by atoms with Gasteiger partial charge in [-0.05, 0) is 30.3 Å². The number of nitrogens with zero attached hydrogens (tertiary/aromatic N) is 2. The summed E-state index contributed by atoms with van der Waals surface area (Å²) in [4.78, 5) is 14.4. The average molecular weight is 308 g/mol. The quantitative estimate of drug-likeness (QED) is 0.779. The molecule has 0 atom stereocenters. The molecule has 0 fully saturated rings. The van der Waals surface area contributed by atoms with Crippen molar-refractivity contribution in [2.24, 2.45) is 0 Å². The molecular weight excluding hydrogens is 292 g/mol. The van der Waals surface area contributed by atoms with Gasteiger partial charge in [-0.3, -0.25) is 9.89 Å². The zero-order valence-electron chi connectivity index (χ0n) is 12.5. The van der Waals surface area contributed by atoms with Gasteiger partial charge >= 0.3 is 0 Å². The molecule has 2 aromatic carbocycles. The number of rotatable bonds is 3. The Bertz CT molecular complexity index is 858. The molecular formula is C17H16N4O2. The number of aromatic amines is 1. The summed E-state index contributed by atoms with van der Waals surface area (Å²) in [5, 5.41) is 10.8. The lowest BCUT2D eigenvalue weighted by Crippen LogP contribution is -2.38. The van der Waals surface area contributed by atoms with Crippen LogP contribution in [0.25, 0.3) is 10.9 Å². The van der Waals surface area contributed by atoms with Crippen LogP contribution in [-0.2, 0) is 4.79 Å². The van der Waals surface area contributed by atoms with Gasteiger partial charge in [0.05, 0.1) is 30.5 Å². The highest BCUT2D eigenvalue weighted by molar-refractivity contribution is 5.96. The fraction of sp³-hybridized carbons (Fsp3) is 0.176. The molecule has 0 radical (unpaired) electrons. The Morgan fingerprint density at radius 3 is 3.17 bits per heavy atom. The number of ether oxygens (including phenoxy) is 1. The second-order valence-electron chi connectivity index (χ2n) is 5.46. The van der Waals surface area contributed by atoms with Gasteiger partial charge in [-0.15, -0.1) is 0 Å². The van der Waals surface area contributed by atoms with E-state index in [-0.39, 0.29) is 5.91 Å². The molecule has 1 aliphatic heterocycles. The van der Waals surface area contributed by atoms with Crippen molar-refractivity contribution >= 4 is 28.2 Å². The highest BCUT2D eigenvalue weighted by Gasteiger charge is 2.19. The summed E-state index contributed by atoms with van der Waals surface area (Å²) in [6.07, 6.45) is 1.76. The Morgan fingerprint density at radius 1 is 1.30 bits per heavy atom. The number of carbonyl (C=O) groups is 1. The minimum absolute atomic E-state index is 0.0550. The molecule has 1 aliphatic rings. The van der Waals surface area contributed by atoms with Crippen LogP contribution in [0.15, 0.2) is 48.7 Å². The minimum Gasteiger partial charge on any atom is -0.490 e. The molecule has 116 valence electrons. The van der Waals surface area contributed by atoms with Crippen LogP contribution < -0.4 is 15.0 Å². The molecule has 0 spiro atoms. The molecule has 1 amide bonds. The molecule has 0 unspecified atom stereocenters. The van der Waals surface area contributed by atoms with Crippen molar-refractivity contribution in [1.29, 1.82) is 0 Å². The van der Waals surface area contributed by atoms with E-state index in [0.717, 1.165) is 28.0 Å². The Labute approximate surface area is 133 Å². The standard InChI is InChI=1S/C17H16N4O2/c22-17(19-13-6-5-12-10-18-20-14(12)9-13)11-21-7-8-23-16-4-2-1-3-15(16)21/h1-6,9-10H,7-8,11H2,(H,18,20)(H,19,22). The third kappa shape index (κ3) is 2.70. The summed E-state index contributed by atoms with van der Waals surface area (Å²) in [5.41, 5.74) is 2.62. The minimum atomic E-state index is -0.0550. The Hall–Kier alpha value is -3.02. The van der Waals surface area contributed by atoms with Crippen LogP contribution in [0, 0.1) is 0 Å². The number of H-pyrrole nitrogens is 1. The zero-order chi connectivity index (χ0) is 15.6. The van der Waals surface area contributed by atoms with Crippen molar-refractivity contribution in [2.45, 2.75) is 0 Å². The fourth-order valence-electron chi connectivity index (χ4n) is 2.78. The second-order valence-corrected chi connectivity index (χ2v) is 5.46. The predicted octanol–water partition coefficient (Wildman–Crippen LogP) is 2.40. The maximum atomic E-state index is 12.3. The summed E-state index contributed by atoms with van der Waals surface area (Å²) < 4.78 is 5.61. The van der Waals surface area contributed by atoms with E-state index in [1.54, 1.807) is 6.20 Å². The molecule has 0 saturated carbocycles. The fourth-order valence-corrected chi connectivity index (χ4v) is 2.78. The van der Waals surface area contributed by atoms with E-state index in [1.807, 2.05) is 47.4 Å². The van der Waals surface area contributed by atoms with Gasteiger partial charge in [-0.2, -0.15) is 5.10 Å². The zero-order valence-corrected chi connectivity index (χ0v) is 12.5. The molecule has 0 saturated heterocycles. The smallest absolute Gasteiger partial charge is 0.243 e. The number of para-hydroxylation sites is 2. The molecule has 23 heavy (non-hydrogen) atoms. The first kappa shape index (κ1) is 13.6. The maximum absolute atomic E-state index is 12.3. The summed E-state index contributed by atoms with van der Waals surface area (Å²) in [7, 11) is 0. The summed E-state index contributed by atoms with van der Waals surface area (Å²) in [6, 6.07) is 13.5. The Morgan fingerprint density at radius 2 is 2.22 bits per heavy atom. The lowest BCUT2D eigenvalue weighted by atomic mass is 10.2. The number of carbonyl (C=O) groups excluding carboxylic acids is 1. The van der Waals surface area contributed by atoms with Crippen molar-refractivity contribution in [3.05, 3.63) is 48.7 Å². The van der Waals surface area contributed by atoms with Crippen molar-refractivity contribution in [2.75, 3.05) is 29.9 Å². The molecule has 6 nitrogen and oxygen atoms in total. The van der Waals surface area contributed by atoms with Crippen LogP contribution in [-0.4, -0.2) is 35.8 Å². The van der Waals surface area contributed by atoms with Gasteiger partial charge < -0.3 is 15.0 Å². The first-order valence-corrected chi connectivity index (χ1v) is 7.49. The number of amides is 1. The van der Waals surface area contributed by atoms with Gasteiger partial charge in [0.15, 0.2) is 0 Å². The number of hydrogen-bond donors (Lipinski definition) is 2. The molecule has 6 heteroatoms. The molecule has 0 aliphatic carbocycles. The molecule has 4 rings (SSSR count). The van der Waals surface area contributed by atoms with E-state index < -0.39 is 0 Å². The molecule has 1 aromatic heterocycles. The van der Waals surface area contributed by atoms with E-state index in [4.69, 9.17) is 4.74 Å². The average Bonchev–Trinajstić information content (AvgIpc) is 3.03. The molecule has 0 bridgehead atoms. The SMILES string of the molecule is O=C(CN1CCOc2ccccc21)Nc1ccc2cn[nH]c2c1. The van der Waals surface area contributed by atoms with Gasteiger partial charge in [-0.25, -0.2) is 0 Å². The number of anilines is 2. The van der Waals surface area contributed by atoms with Crippen molar-refractivity contribution < 1.29 is 9.53 Å². The Kier molecular flexibility index (Phi) is 3.34. The number of fused-ring (bicyclic) bond motifs is 2. The van der Waals surface area contributed by atoms with Crippen LogP contribution in [0.1, 0.15) is 0 Å². The first-order chi connectivity index (χ1) is 11.3. The first-order valence-electron chi connectivity index (χ1n) is 7.49. The second kappa shape index (κ2) is 5.64. The number of nitrogens with one attached hydrogen (secondary N) is 2. The number of hydrogen-bond acceptors (Lipinski definition) is 4. The molecule has 2 heterocycles. The number of aromatic nitrogens is 2. The van der Waals surface area contributed by atoms with Crippen molar-refractivity contribution in [3.8, 4) is 5.75 Å². The lowest BCUT2D eigenvalue weighted by molar-refractivity contribution is -0.115. The van der Waals surface area contributed by atoms with E-state index in [9.17, 15) is 4.79 Å². The molecule has 2 N–H and O–H groups in total. The van der Waals surface area contributed by atoms with Crippen LogP contribution in [0.2, 0.25) is 0 Å². The van der Waals surface area contributed by atoms with E-state index in [0.29, 0.717) is 19.7 Å². The monoisotopic (exact) mass is 308 g/mol. The van der Waals surface area contributed by atoms with Crippen molar-refractivity contribution in [1.82, 2.24) is 10.2 Å². The van der Waals surface area contributed by atoms with Gasteiger partial charge in [0.1, 0.15) is 12.4 Å². The molecule has 3 aromatic rings. The third-order valence-electron chi connectivity index (χ3n) is 3.88. The van der Waals surface area contributed by atoms with E-state index >= 15 is 0 Å². The van der Waals surface area contributed by atoms with E-state index in [1.165, 1.54) is 0 Å². The van der Waals surface area contributed by atoms with Crippen molar-refractivity contribution in [3.63, 3.8) is 0 Å². The van der Waals surface area contributed by atoms with Gasteiger partial charge in [-0.1, -0.05) is 12.1 Å². The highest BCUT2D eigenvalue weighted by atomic mass is 16.5. The largest absolute Gasteiger partial charge is 0.490 e. The summed E-state index contributed by atoms with van der Waals surface area (Å²) in [5.74, 6) is 0.769. The van der Waals surface area contributed by atoms with Crippen LogP contribution >= 0.6 is 0 Å². The van der Waals surface area contributed by atoms with Gasteiger partial charge in [0, 0.05) is 11.1 Å². The summed E-state index contributed by atoms with van der Waals surface area (Å²) >= 11 is 0. The van der Waals surface area contributed by atoms with E-state index in [2.05, 4.69) is 15.5 Å². The predicted molar refractivity (Wildman–Crippen MR) is 88.9 cm³/mol. The number of benzene rings is 2. The lowest BCUT2D eigenvalue weighted by Gasteiger charge is -2.30. The van der Waals surface area contributed by atoms with Gasteiger partial charge in [0.2, 0.25) is 5.91 Å². The Balaban J connectivity index is 1.48. The van der Waals surface area contributed by atoms with Gasteiger partial charge in [0.25, 0.3) is 0 Å². The summed E-state index contributed by atoms with van der Waals surface area (Å²) in [6.45, 7) is 1.58. The normalized spacial score (nSPS) is 13.5.